The first-order valence-corrected chi connectivity index (χ1v) is 6.93. The number of aromatic nitrogens is 1. The molecule has 2 nitrogen and oxygen atoms in total. The van der Waals surface area contributed by atoms with Crippen molar-refractivity contribution in [2.24, 2.45) is 0 Å². The van der Waals surface area contributed by atoms with Crippen molar-refractivity contribution in [1.29, 1.82) is 0 Å². The SMILES string of the molecule is C=Cc1ccc(Sc2ccncc2C(=O)CC)cc1. The van der Waals surface area contributed by atoms with Crippen LogP contribution in [0.2, 0.25) is 0 Å². The second kappa shape index (κ2) is 6.34. The minimum atomic E-state index is 0.123. The Hall–Kier alpha value is -1.87. The molecule has 1 aromatic heterocycles. The Balaban J connectivity index is 2.27. The van der Waals surface area contributed by atoms with Gasteiger partial charge in [-0.2, -0.15) is 0 Å². The molecule has 0 aliphatic carbocycles. The summed E-state index contributed by atoms with van der Waals surface area (Å²) in [5.74, 6) is 0.123. The normalized spacial score (nSPS) is 10.2. The second-order valence-electron chi connectivity index (χ2n) is 4.02. The van der Waals surface area contributed by atoms with Crippen LogP contribution in [0.4, 0.5) is 0 Å². The van der Waals surface area contributed by atoms with E-state index in [1.807, 2.05) is 43.3 Å². The van der Waals surface area contributed by atoms with E-state index in [0.29, 0.717) is 12.0 Å². The van der Waals surface area contributed by atoms with E-state index >= 15 is 0 Å². The molecular weight excluding hydrogens is 254 g/mol. The first-order chi connectivity index (χ1) is 9.24. The predicted octanol–water partition coefficient (Wildman–Crippen LogP) is 4.47. The average molecular weight is 269 g/mol. The number of ketones is 1. The van der Waals surface area contributed by atoms with Crippen LogP contribution in [0.3, 0.4) is 0 Å². The van der Waals surface area contributed by atoms with E-state index in [2.05, 4.69) is 11.6 Å². The third-order valence-corrected chi connectivity index (χ3v) is 3.83. The van der Waals surface area contributed by atoms with Crippen LogP contribution in [-0.2, 0) is 0 Å². The van der Waals surface area contributed by atoms with Crippen LogP contribution < -0.4 is 0 Å². The maximum absolute atomic E-state index is 11.9. The fourth-order valence-electron chi connectivity index (χ4n) is 1.67. The van der Waals surface area contributed by atoms with E-state index in [1.54, 1.807) is 24.2 Å². The van der Waals surface area contributed by atoms with E-state index in [1.165, 1.54) is 0 Å². The van der Waals surface area contributed by atoms with Gasteiger partial charge in [0.05, 0.1) is 0 Å². The minimum absolute atomic E-state index is 0.123. The fourth-order valence-corrected chi connectivity index (χ4v) is 2.60. The van der Waals surface area contributed by atoms with Crippen LogP contribution in [0.25, 0.3) is 6.08 Å². The number of pyridine rings is 1. The van der Waals surface area contributed by atoms with Gasteiger partial charge in [-0.1, -0.05) is 43.5 Å². The summed E-state index contributed by atoms with van der Waals surface area (Å²) in [6, 6.07) is 9.97. The fraction of sp³-hybridized carbons (Fsp3) is 0.125. The van der Waals surface area contributed by atoms with Crippen molar-refractivity contribution in [3.63, 3.8) is 0 Å². The molecule has 0 bridgehead atoms. The number of nitrogens with zero attached hydrogens (tertiary/aromatic N) is 1. The lowest BCUT2D eigenvalue weighted by molar-refractivity contribution is 0.0985. The lowest BCUT2D eigenvalue weighted by Crippen LogP contribution is -1.99. The standard InChI is InChI=1S/C16H15NOS/c1-3-12-5-7-13(8-6-12)19-16-9-10-17-11-14(16)15(18)4-2/h3,5-11H,1,4H2,2H3. The molecule has 3 heteroatoms. The Bertz CT molecular complexity index is 590. The van der Waals surface area contributed by atoms with Crippen LogP contribution in [0.15, 0.2) is 59.1 Å². The van der Waals surface area contributed by atoms with Gasteiger partial charge in [0.25, 0.3) is 0 Å². The molecular formula is C16H15NOS. The molecule has 0 aliphatic rings. The highest BCUT2D eigenvalue weighted by molar-refractivity contribution is 7.99. The summed E-state index contributed by atoms with van der Waals surface area (Å²) in [6.07, 6.45) is 5.67. The maximum atomic E-state index is 11.9. The molecule has 0 fully saturated rings. The summed E-state index contributed by atoms with van der Waals surface area (Å²) in [4.78, 5) is 17.9. The molecule has 0 N–H and O–H groups in total. The van der Waals surface area contributed by atoms with Gasteiger partial charge in [-0.25, -0.2) is 0 Å². The van der Waals surface area contributed by atoms with Gasteiger partial charge in [0, 0.05) is 34.2 Å². The van der Waals surface area contributed by atoms with Crippen molar-refractivity contribution in [3.8, 4) is 0 Å². The molecule has 19 heavy (non-hydrogen) atoms. The summed E-state index contributed by atoms with van der Waals surface area (Å²) in [6.45, 7) is 5.60. The van der Waals surface area contributed by atoms with Crippen LogP contribution in [0.5, 0.6) is 0 Å². The smallest absolute Gasteiger partial charge is 0.165 e. The lowest BCUT2D eigenvalue weighted by atomic mass is 10.1. The van der Waals surface area contributed by atoms with Crippen LogP contribution in [-0.4, -0.2) is 10.8 Å². The van der Waals surface area contributed by atoms with Crippen LogP contribution in [0.1, 0.15) is 29.3 Å². The number of carbonyl (C=O) groups is 1. The first-order valence-electron chi connectivity index (χ1n) is 6.12. The van der Waals surface area contributed by atoms with E-state index < -0.39 is 0 Å². The van der Waals surface area contributed by atoms with Crippen molar-refractivity contribution < 1.29 is 4.79 Å². The van der Waals surface area contributed by atoms with E-state index in [-0.39, 0.29) is 5.78 Å². The van der Waals surface area contributed by atoms with E-state index in [4.69, 9.17) is 0 Å². The zero-order valence-corrected chi connectivity index (χ0v) is 11.6. The van der Waals surface area contributed by atoms with Crippen molar-refractivity contribution in [3.05, 3.63) is 60.4 Å². The molecule has 2 aromatic rings. The molecule has 1 aromatic carbocycles. The average Bonchev–Trinajstić information content (AvgIpc) is 2.48. The molecule has 0 saturated carbocycles. The Labute approximate surface area is 117 Å². The van der Waals surface area contributed by atoms with Gasteiger partial charge in [0.2, 0.25) is 0 Å². The van der Waals surface area contributed by atoms with Gasteiger partial charge in [0.1, 0.15) is 0 Å². The molecule has 0 spiro atoms. The zero-order valence-electron chi connectivity index (χ0n) is 10.8. The van der Waals surface area contributed by atoms with Gasteiger partial charge in [0.15, 0.2) is 5.78 Å². The highest BCUT2D eigenvalue weighted by Crippen LogP contribution is 2.30. The number of hydrogen-bond acceptors (Lipinski definition) is 3. The Kier molecular flexibility index (Phi) is 4.53. The monoisotopic (exact) mass is 269 g/mol. The third-order valence-electron chi connectivity index (χ3n) is 2.75. The Morgan fingerprint density at radius 1 is 1.32 bits per heavy atom. The van der Waals surface area contributed by atoms with Gasteiger partial charge in [-0.05, 0) is 23.8 Å². The highest BCUT2D eigenvalue weighted by Gasteiger charge is 2.10. The lowest BCUT2D eigenvalue weighted by Gasteiger charge is -2.07. The number of Topliss-reactive ketones (excluding diaryl/α,β-unsaturated/α-hetero) is 1. The largest absolute Gasteiger partial charge is 0.294 e. The van der Waals surface area contributed by atoms with Crippen molar-refractivity contribution in [2.45, 2.75) is 23.1 Å². The quantitative estimate of drug-likeness (QED) is 0.750. The van der Waals surface area contributed by atoms with Gasteiger partial charge < -0.3 is 0 Å². The summed E-state index contributed by atoms with van der Waals surface area (Å²) >= 11 is 1.58. The molecule has 0 aliphatic heterocycles. The number of benzene rings is 1. The summed E-state index contributed by atoms with van der Waals surface area (Å²) < 4.78 is 0. The van der Waals surface area contributed by atoms with E-state index in [9.17, 15) is 4.79 Å². The summed E-state index contributed by atoms with van der Waals surface area (Å²) in [5, 5.41) is 0. The zero-order chi connectivity index (χ0) is 13.7. The summed E-state index contributed by atoms with van der Waals surface area (Å²) in [5.41, 5.74) is 1.78. The third kappa shape index (κ3) is 3.32. The molecule has 1 heterocycles. The van der Waals surface area contributed by atoms with Gasteiger partial charge in [-0.15, -0.1) is 0 Å². The van der Waals surface area contributed by atoms with Gasteiger partial charge >= 0.3 is 0 Å². The van der Waals surface area contributed by atoms with Crippen molar-refractivity contribution in [2.75, 3.05) is 0 Å². The number of rotatable bonds is 5. The Morgan fingerprint density at radius 3 is 2.68 bits per heavy atom. The molecule has 0 atom stereocenters. The number of hydrogen-bond donors (Lipinski definition) is 0. The van der Waals surface area contributed by atoms with Crippen LogP contribution >= 0.6 is 11.8 Å². The van der Waals surface area contributed by atoms with Crippen molar-refractivity contribution >= 4 is 23.6 Å². The molecule has 2 rings (SSSR count). The maximum Gasteiger partial charge on any atom is 0.165 e. The molecule has 0 saturated heterocycles. The van der Waals surface area contributed by atoms with Crippen molar-refractivity contribution in [1.82, 2.24) is 4.98 Å². The second-order valence-corrected chi connectivity index (χ2v) is 5.14. The highest BCUT2D eigenvalue weighted by atomic mass is 32.2. The van der Waals surface area contributed by atoms with E-state index in [0.717, 1.165) is 15.4 Å². The molecule has 96 valence electrons. The topological polar surface area (TPSA) is 30.0 Å². The Morgan fingerprint density at radius 2 is 2.05 bits per heavy atom. The number of carbonyl (C=O) groups excluding carboxylic acids is 1. The molecule has 0 amide bonds. The molecule has 0 radical (unpaired) electrons. The molecule has 0 unspecified atom stereocenters. The minimum Gasteiger partial charge on any atom is -0.294 e. The van der Waals surface area contributed by atoms with Gasteiger partial charge in [-0.3, -0.25) is 9.78 Å². The predicted molar refractivity (Wildman–Crippen MR) is 79.5 cm³/mol. The van der Waals surface area contributed by atoms with Crippen LogP contribution in [0, 0.1) is 0 Å². The first kappa shape index (κ1) is 13.6. The summed E-state index contributed by atoms with van der Waals surface area (Å²) in [7, 11) is 0.